The number of rotatable bonds is 7. The van der Waals surface area contributed by atoms with E-state index in [2.05, 4.69) is 32.6 Å². The van der Waals surface area contributed by atoms with Gasteiger partial charge in [-0.3, -0.25) is 10.1 Å². The predicted octanol–water partition coefficient (Wildman–Crippen LogP) is 3.44. The fraction of sp³-hybridized carbons (Fsp3) is 0.350. The molecular formula is C20H24N6O2S. The molecule has 3 rings (SSSR count). The molecule has 3 aromatic rings. The van der Waals surface area contributed by atoms with Crippen LogP contribution in [0, 0.1) is 13.8 Å². The number of nitrogens with zero attached hydrogens (tertiary/aromatic N) is 4. The lowest BCUT2D eigenvalue weighted by atomic mass is 10.2. The first-order valence-corrected chi connectivity index (χ1v) is 9.92. The number of carbonyl (C=O) groups is 1. The van der Waals surface area contributed by atoms with Gasteiger partial charge in [-0.2, -0.15) is 5.10 Å². The smallest absolute Gasteiger partial charge is 0.260 e. The number of anilines is 1. The van der Waals surface area contributed by atoms with Gasteiger partial charge in [0.2, 0.25) is 5.88 Å². The fourth-order valence-corrected chi connectivity index (χ4v) is 3.00. The van der Waals surface area contributed by atoms with E-state index >= 15 is 0 Å². The number of hydrogen-bond acceptors (Lipinski definition) is 6. The van der Waals surface area contributed by atoms with Crippen LogP contribution < -0.4 is 15.4 Å². The van der Waals surface area contributed by atoms with Gasteiger partial charge in [-0.1, -0.05) is 19.8 Å². The zero-order valence-corrected chi connectivity index (χ0v) is 17.5. The molecule has 0 aliphatic carbocycles. The van der Waals surface area contributed by atoms with Gasteiger partial charge in [0.1, 0.15) is 0 Å². The van der Waals surface area contributed by atoms with E-state index in [1.165, 1.54) is 6.20 Å². The third-order valence-corrected chi connectivity index (χ3v) is 4.51. The maximum Gasteiger partial charge on any atom is 0.260 e. The Hall–Kier alpha value is -3.07. The number of ether oxygens (including phenoxy) is 1. The van der Waals surface area contributed by atoms with E-state index in [-0.39, 0.29) is 11.0 Å². The third kappa shape index (κ3) is 5.26. The van der Waals surface area contributed by atoms with E-state index in [9.17, 15) is 4.79 Å². The van der Waals surface area contributed by atoms with Crippen LogP contribution in [0.5, 0.6) is 5.88 Å². The number of pyridine rings is 1. The van der Waals surface area contributed by atoms with E-state index in [1.807, 2.05) is 19.9 Å². The van der Waals surface area contributed by atoms with Crippen molar-refractivity contribution in [2.45, 2.75) is 40.0 Å². The summed E-state index contributed by atoms with van der Waals surface area (Å²) in [6.45, 7) is 6.49. The lowest BCUT2D eigenvalue weighted by molar-refractivity contribution is 0.0976. The first kappa shape index (κ1) is 20.7. The van der Waals surface area contributed by atoms with E-state index in [1.54, 1.807) is 22.8 Å². The highest BCUT2D eigenvalue weighted by atomic mass is 32.1. The molecule has 8 nitrogen and oxygen atoms in total. The lowest BCUT2D eigenvalue weighted by Crippen LogP contribution is -2.35. The summed E-state index contributed by atoms with van der Waals surface area (Å²) in [6, 6.07) is 5.41. The van der Waals surface area contributed by atoms with Crippen LogP contribution in [0.3, 0.4) is 0 Å². The zero-order chi connectivity index (χ0) is 20.8. The Morgan fingerprint density at radius 2 is 2.03 bits per heavy atom. The second kappa shape index (κ2) is 9.42. The summed E-state index contributed by atoms with van der Waals surface area (Å²) in [6.07, 6.45) is 6.42. The Morgan fingerprint density at radius 3 is 2.76 bits per heavy atom. The molecule has 0 atom stereocenters. The van der Waals surface area contributed by atoms with Crippen molar-refractivity contribution < 1.29 is 9.53 Å². The van der Waals surface area contributed by atoms with Gasteiger partial charge in [-0.15, -0.1) is 0 Å². The molecular weight excluding hydrogens is 388 g/mol. The van der Waals surface area contributed by atoms with Crippen LogP contribution in [0.2, 0.25) is 0 Å². The number of aryl methyl sites for hydroxylation is 2. The second-order valence-electron chi connectivity index (χ2n) is 6.66. The largest absolute Gasteiger partial charge is 0.478 e. The van der Waals surface area contributed by atoms with Crippen LogP contribution in [-0.2, 0) is 0 Å². The summed E-state index contributed by atoms with van der Waals surface area (Å²) in [7, 11) is 0. The molecule has 3 heterocycles. The Bertz CT molecular complexity index is 1020. The van der Waals surface area contributed by atoms with Crippen molar-refractivity contribution in [3.63, 3.8) is 0 Å². The molecule has 29 heavy (non-hydrogen) atoms. The quantitative estimate of drug-likeness (QED) is 0.453. The van der Waals surface area contributed by atoms with Crippen molar-refractivity contribution in [3.05, 3.63) is 47.5 Å². The van der Waals surface area contributed by atoms with Crippen LogP contribution in [0.4, 0.5) is 5.69 Å². The second-order valence-corrected chi connectivity index (χ2v) is 7.07. The standard InChI is InChI=1S/C20H24N6O2S/c1-4-5-6-9-28-18-8-7-15(11-22-18)23-20(29)24-19(27)16-12-21-17-10-13(2)25-26(17)14(16)3/h7-8,10-12H,4-6,9H2,1-3H3,(H2,23,24,27,29). The van der Waals surface area contributed by atoms with Crippen molar-refractivity contribution in [1.29, 1.82) is 0 Å². The number of hydrogen-bond donors (Lipinski definition) is 2. The molecule has 0 saturated carbocycles. The van der Waals surface area contributed by atoms with Gasteiger partial charge in [0.05, 0.1) is 35.4 Å². The molecule has 0 aliphatic heterocycles. The number of aromatic nitrogens is 4. The number of thiocarbonyl (C=S) groups is 1. The summed E-state index contributed by atoms with van der Waals surface area (Å²) in [4.78, 5) is 21.1. The molecule has 0 spiro atoms. The van der Waals surface area contributed by atoms with E-state index in [0.717, 1.165) is 25.0 Å². The summed E-state index contributed by atoms with van der Waals surface area (Å²) in [5, 5.41) is 10.1. The number of amides is 1. The highest BCUT2D eigenvalue weighted by Crippen LogP contribution is 2.13. The summed E-state index contributed by atoms with van der Waals surface area (Å²) in [5.41, 5.74) is 3.28. The molecule has 0 aromatic carbocycles. The van der Waals surface area contributed by atoms with Gasteiger partial charge < -0.3 is 10.1 Å². The average Bonchev–Trinajstić information content (AvgIpc) is 3.08. The van der Waals surface area contributed by atoms with Crippen LogP contribution in [0.15, 0.2) is 30.6 Å². The van der Waals surface area contributed by atoms with Crippen molar-refractivity contribution in [2.24, 2.45) is 0 Å². The lowest BCUT2D eigenvalue weighted by Gasteiger charge is -2.11. The van der Waals surface area contributed by atoms with Gasteiger partial charge in [-0.05, 0) is 38.6 Å². The normalized spacial score (nSPS) is 10.7. The van der Waals surface area contributed by atoms with E-state index < -0.39 is 0 Å². The Balaban J connectivity index is 1.57. The predicted molar refractivity (Wildman–Crippen MR) is 115 cm³/mol. The Labute approximate surface area is 174 Å². The van der Waals surface area contributed by atoms with Gasteiger partial charge in [0, 0.05) is 18.3 Å². The minimum Gasteiger partial charge on any atom is -0.478 e. The molecule has 9 heteroatoms. The SMILES string of the molecule is CCCCCOc1ccc(NC(=S)NC(=O)c2cnc3cc(C)nn3c2C)cn1. The highest BCUT2D eigenvalue weighted by molar-refractivity contribution is 7.80. The van der Waals surface area contributed by atoms with Crippen molar-refractivity contribution in [2.75, 3.05) is 11.9 Å². The Morgan fingerprint density at radius 1 is 1.21 bits per heavy atom. The van der Waals surface area contributed by atoms with Crippen LogP contribution in [0.25, 0.3) is 5.65 Å². The zero-order valence-electron chi connectivity index (χ0n) is 16.7. The molecule has 0 unspecified atom stereocenters. The van der Waals surface area contributed by atoms with Gasteiger partial charge >= 0.3 is 0 Å². The number of fused-ring (bicyclic) bond motifs is 1. The number of nitrogens with one attached hydrogen (secondary N) is 2. The van der Waals surface area contributed by atoms with Gasteiger partial charge in [-0.25, -0.2) is 14.5 Å². The third-order valence-electron chi connectivity index (χ3n) is 4.31. The minimum atomic E-state index is -0.355. The molecule has 1 amide bonds. The summed E-state index contributed by atoms with van der Waals surface area (Å²) < 4.78 is 7.23. The molecule has 0 fully saturated rings. The fourth-order valence-electron chi connectivity index (χ4n) is 2.79. The molecule has 0 radical (unpaired) electrons. The molecule has 0 saturated heterocycles. The van der Waals surface area contributed by atoms with Crippen LogP contribution >= 0.6 is 12.2 Å². The maximum absolute atomic E-state index is 12.6. The van der Waals surface area contributed by atoms with E-state index in [0.29, 0.717) is 35.1 Å². The first-order chi connectivity index (χ1) is 14.0. The topological polar surface area (TPSA) is 93.4 Å². The van der Waals surface area contributed by atoms with Crippen LogP contribution in [0.1, 0.15) is 47.9 Å². The number of carbonyl (C=O) groups excluding carboxylic acids is 1. The van der Waals surface area contributed by atoms with Gasteiger partial charge in [0.15, 0.2) is 10.8 Å². The Kier molecular flexibility index (Phi) is 6.71. The highest BCUT2D eigenvalue weighted by Gasteiger charge is 2.15. The first-order valence-electron chi connectivity index (χ1n) is 9.51. The minimum absolute atomic E-state index is 0.171. The molecule has 2 N–H and O–H groups in total. The molecule has 0 bridgehead atoms. The monoisotopic (exact) mass is 412 g/mol. The van der Waals surface area contributed by atoms with Gasteiger partial charge in [0.25, 0.3) is 5.91 Å². The average molecular weight is 413 g/mol. The summed E-state index contributed by atoms with van der Waals surface area (Å²) >= 11 is 5.24. The van der Waals surface area contributed by atoms with Crippen molar-refractivity contribution >= 4 is 34.6 Å². The molecule has 152 valence electrons. The maximum atomic E-state index is 12.6. The van der Waals surface area contributed by atoms with Crippen LogP contribution in [-0.4, -0.2) is 37.2 Å². The molecule has 0 aliphatic rings. The van der Waals surface area contributed by atoms with Crippen molar-refractivity contribution in [1.82, 2.24) is 24.9 Å². The molecule has 3 aromatic heterocycles. The number of unbranched alkanes of at least 4 members (excludes halogenated alkanes) is 2. The summed E-state index contributed by atoms with van der Waals surface area (Å²) in [5.74, 6) is 0.206. The van der Waals surface area contributed by atoms with Crippen molar-refractivity contribution in [3.8, 4) is 5.88 Å². The van der Waals surface area contributed by atoms with E-state index in [4.69, 9.17) is 17.0 Å².